The number of carbonyl (C=O) groups is 2. The predicted molar refractivity (Wildman–Crippen MR) is 156 cm³/mol. The Morgan fingerprint density at radius 3 is 1.46 bits per heavy atom. The number of hydrogen-bond acceptors (Lipinski definition) is 3. The topological polar surface area (TPSA) is 58.2 Å². The molecule has 8 heteroatoms. The molecule has 1 atom stereocenters. The third-order valence-electron chi connectivity index (χ3n) is 7.25. The zero-order valence-electron chi connectivity index (χ0n) is 24.5. The Labute approximate surface area is 239 Å². The van der Waals surface area contributed by atoms with Crippen molar-refractivity contribution in [1.29, 1.82) is 0 Å². The lowest BCUT2D eigenvalue weighted by atomic mass is 9.78. The van der Waals surface area contributed by atoms with Crippen LogP contribution in [0.4, 0.5) is 28.9 Å². The van der Waals surface area contributed by atoms with Crippen LogP contribution in [-0.4, -0.2) is 17.2 Å². The summed E-state index contributed by atoms with van der Waals surface area (Å²) in [5.41, 5.74) is 1.23. The molecular formula is C33H38F4N2O2. The quantitative estimate of drug-likeness (QED) is 0.240. The maximum Gasteiger partial charge on any atom is 0.350 e. The third kappa shape index (κ3) is 7.16. The van der Waals surface area contributed by atoms with E-state index in [1.807, 2.05) is 38.1 Å². The highest BCUT2D eigenvalue weighted by Gasteiger charge is 2.44. The molecular weight excluding hydrogens is 532 g/mol. The first-order chi connectivity index (χ1) is 18.9. The molecule has 1 unspecified atom stereocenters. The van der Waals surface area contributed by atoms with Gasteiger partial charge in [-0.05, 0) is 62.6 Å². The van der Waals surface area contributed by atoms with Gasteiger partial charge in [-0.2, -0.15) is 17.6 Å². The van der Waals surface area contributed by atoms with Crippen molar-refractivity contribution in [2.24, 2.45) is 5.92 Å². The van der Waals surface area contributed by atoms with Gasteiger partial charge in [-0.1, -0.05) is 76.2 Å². The summed E-state index contributed by atoms with van der Waals surface area (Å²) >= 11 is 0. The monoisotopic (exact) mass is 570 g/mol. The van der Waals surface area contributed by atoms with Crippen molar-refractivity contribution in [2.45, 2.75) is 77.7 Å². The molecule has 0 aromatic heterocycles. The summed E-state index contributed by atoms with van der Waals surface area (Å²) in [5.74, 6) is -11.6. The van der Waals surface area contributed by atoms with Crippen molar-refractivity contribution in [3.63, 3.8) is 0 Å². The van der Waals surface area contributed by atoms with Crippen LogP contribution in [0.15, 0.2) is 72.8 Å². The largest absolute Gasteiger partial charge is 0.380 e. The molecule has 41 heavy (non-hydrogen) atoms. The number of rotatable bonds is 10. The van der Waals surface area contributed by atoms with Gasteiger partial charge in [-0.15, -0.1) is 0 Å². The van der Waals surface area contributed by atoms with Gasteiger partial charge in [0.1, 0.15) is 0 Å². The highest BCUT2D eigenvalue weighted by atomic mass is 19.3. The maximum absolute atomic E-state index is 15.0. The highest BCUT2D eigenvalue weighted by Crippen LogP contribution is 2.37. The van der Waals surface area contributed by atoms with Crippen molar-refractivity contribution < 1.29 is 27.2 Å². The second kappa shape index (κ2) is 11.7. The summed E-state index contributed by atoms with van der Waals surface area (Å²) in [6, 6.07) is 17.7. The normalized spacial score (nSPS) is 13.4. The Kier molecular flexibility index (Phi) is 9.06. The maximum atomic E-state index is 15.0. The van der Waals surface area contributed by atoms with Gasteiger partial charge in [0.25, 0.3) is 5.91 Å². The zero-order chi connectivity index (χ0) is 30.8. The fourth-order valence-corrected chi connectivity index (χ4v) is 4.41. The van der Waals surface area contributed by atoms with E-state index in [-0.39, 0.29) is 17.6 Å². The molecule has 1 amide bonds. The van der Waals surface area contributed by atoms with Crippen LogP contribution >= 0.6 is 0 Å². The Bertz CT molecular complexity index is 1360. The molecule has 0 fully saturated rings. The lowest BCUT2D eigenvalue weighted by molar-refractivity contribution is -0.148. The van der Waals surface area contributed by atoms with Gasteiger partial charge in [0.2, 0.25) is 5.78 Å². The molecule has 3 rings (SSSR count). The van der Waals surface area contributed by atoms with Crippen LogP contribution in [0, 0.1) is 5.92 Å². The second-order valence-electron chi connectivity index (χ2n) is 12.0. The molecule has 0 saturated carbocycles. The summed E-state index contributed by atoms with van der Waals surface area (Å²) in [6.45, 7) is 13.3. The Morgan fingerprint density at radius 2 is 1.05 bits per heavy atom. The van der Waals surface area contributed by atoms with Crippen molar-refractivity contribution in [3.8, 4) is 0 Å². The van der Waals surface area contributed by atoms with Gasteiger partial charge in [0.15, 0.2) is 0 Å². The smallest absolute Gasteiger partial charge is 0.350 e. The molecule has 4 nitrogen and oxygen atoms in total. The summed E-state index contributed by atoms with van der Waals surface area (Å²) in [7, 11) is 0. The van der Waals surface area contributed by atoms with E-state index in [4.69, 9.17) is 0 Å². The second-order valence-corrected chi connectivity index (χ2v) is 12.0. The van der Waals surface area contributed by atoms with E-state index < -0.39 is 46.0 Å². The summed E-state index contributed by atoms with van der Waals surface area (Å²) in [6.07, 6.45) is 0.228. The summed E-state index contributed by atoms with van der Waals surface area (Å²) in [5, 5.41) is 5.64. The molecule has 2 N–H and O–H groups in total. The van der Waals surface area contributed by atoms with E-state index in [2.05, 4.69) is 31.4 Å². The molecule has 0 aliphatic heterocycles. The molecule has 3 aromatic carbocycles. The average Bonchev–Trinajstić information content (AvgIpc) is 2.91. The van der Waals surface area contributed by atoms with E-state index >= 15 is 0 Å². The van der Waals surface area contributed by atoms with Gasteiger partial charge >= 0.3 is 11.8 Å². The van der Waals surface area contributed by atoms with Gasteiger partial charge in [-0.3, -0.25) is 9.59 Å². The van der Waals surface area contributed by atoms with Crippen molar-refractivity contribution >= 4 is 23.1 Å². The number of carbonyl (C=O) groups excluding carboxylic acids is 2. The highest BCUT2D eigenvalue weighted by molar-refractivity contribution is 5.96. The summed E-state index contributed by atoms with van der Waals surface area (Å²) < 4.78 is 59.0. The minimum Gasteiger partial charge on any atom is -0.380 e. The fraction of sp³-hybridized carbons (Fsp3) is 0.394. The molecule has 0 bridgehead atoms. The number of halogens is 4. The van der Waals surface area contributed by atoms with E-state index in [0.29, 0.717) is 0 Å². The minimum atomic E-state index is -3.99. The Balaban J connectivity index is 1.72. The molecule has 0 radical (unpaired) electrons. The van der Waals surface area contributed by atoms with Crippen LogP contribution < -0.4 is 10.6 Å². The van der Waals surface area contributed by atoms with E-state index in [1.54, 1.807) is 31.2 Å². The number of benzene rings is 3. The van der Waals surface area contributed by atoms with Crippen molar-refractivity contribution in [2.75, 3.05) is 10.6 Å². The van der Waals surface area contributed by atoms with Crippen LogP contribution in [-0.2, 0) is 26.8 Å². The molecule has 0 aliphatic rings. The lowest BCUT2D eigenvalue weighted by Gasteiger charge is -2.28. The van der Waals surface area contributed by atoms with Gasteiger partial charge in [0, 0.05) is 39.4 Å². The van der Waals surface area contributed by atoms with Gasteiger partial charge in [0.05, 0.1) is 0 Å². The third-order valence-corrected chi connectivity index (χ3v) is 7.25. The van der Waals surface area contributed by atoms with Crippen LogP contribution in [0.5, 0.6) is 0 Å². The Morgan fingerprint density at radius 1 is 0.659 bits per heavy atom. The number of ketones is 1. The number of alkyl halides is 4. The number of hydrogen-bond donors (Lipinski definition) is 2. The van der Waals surface area contributed by atoms with E-state index in [9.17, 15) is 27.2 Å². The van der Waals surface area contributed by atoms with Crippen LogP contribution in [0.2, 0.25) is 0 Å². The molecule has 220 valence electrons. The van der Waals surface area contributed by atoms with Crippen molar-refractivity contribution in [1.82, 2.24) is 0 Å². The first kappa shape index (κ1) is 31.8. The molecule has 3 aromatic rings. The van der Waals surface area contributed by atoms with E-state index in [0.717, 1.165) is 41.1 Å². The molecule has 0 heterocycles. The zero-order valence-corrected chi connectivity index (χ0v) is 24.5. The lowest BCUT2D eigenvalue weighted by Crippen LogP contribution is -2.33. The first-order valence-electron chi connectivity index (χ1n) is 13.6. The van der Waals surface area contributed by atoms with Crippen molar-refractivity contribution in [3.05, 3.63) is 95.1 Å². The summed E-state index contributed by atoms with van der Waals surface area (Å²) in [4.78, 5) is 24.6. The number of amides is 1. The number of nitrogens with one attached hydrogen (secondary N) is 2. The molecule has 0 saturated heterocycles. The Hall–Kier alpha value is -3.68. The fourth-order valence-electron chi connectivity index (χ4n) is 4.41. The predicted octanol–water partition coefficient (Wildman–Crippen LogP) is 8.66. The minimum absolute atomic E-state index is 0.0697. The number of Topliss-reactive ketones (excluding diaryl/α,β-unsaturated/α-hetero) is 1. The average molecular weight is 571 g/mol. The van der Waals surface area contributed by atoms with Gasteiger partial charge in [-0.25, -0.2) is 0 Å². The van der Waals surface area contributed by atoms with E-state index in [1.165, 1.54) is 6.92 Å². The van der Waals surface area contributed by atoms with Gasteiger partial charge < -0.3 is 10.6 Å². The molecule has 0 spiro atoms. The first-order valence-corrected chi connectivity index (χ1v) is 13.6. The standard InChI is InChI=1S/C33H38F4N2O2/c1-8-21(2)28(40)32(34,35)24-9-11-25(12-10-24)33(36,37)29(41)38-26-17-13-22(14-18-26)31(6,7)23-15-19-27(20-16-23)39-30(3,4)5/h9-21,39H,8H2,1-7H3,(H,38,41). The molecule has 0 aliphatic carbocycles. The van der Waals surface area contributed by atoms with Crippen LogP contribution in [0.25, 0.3) is 0 Å². The number of anilines is 2. The van der Waals surface area contributed by atoms with Crippen LogP contribution in [0.3, 0.4) is 0 Å². The van der Waals surface area contributed by atoms with Crippen LogP contribution in [0.1, 0.15) is 77.1 Å². The SMILES string of the molecule is CCC(C)C(=O)C(F)(F)c1ccc(C(F)(F)C(=O)Nc2ccc(C(C)(C)c3ccc(NC(C)(C)C)cc3)cc2)cc1.